The van der Waals surface area contributed by atoms with Crippen molar-refractivity contribution in [3.8, 4) is 0 Å². The van der Waals surface area contributed by atoms with Crippen molar-refractivity contribution in [1.29, 1.82) is 0 Å². The number of sulfone groups is 1. The van der Waals surface area contributed by atoms with E-state index in [1.54, 1.807) is 4.90 Å². The molecule has 1 fully saturated rings. The maximum atomic E-state index is 13.7. The van der Waals surface area contributed by atoms with Crippen LogP contribution in [0.25, 0.3) is 0 Å². The Kier molecular flexibility index (Phi) is 4.85. The predicted octanol–water partition coefficient (Wildman–Crippen LogP) is 1.55. The van der Waals surface area contributed by atoms with Gasteiger partial charge in [0.2, 0.25) is 0 Å². The molecule has 21 heavy (non-hydrogen) atoms. The Morgan fingerprint density at radius 3 is 2.86 bits per heavy atom. The minimum atomic E-state index is -3.25. The van der Waals surface area contributed by atoms with Gasteiger partial charge in [-0.15, -0.1) is 0 Å². The Morgan fingerprint density at radius 2 is 2.19 bits per heavy atom. The van der Waals surface area contributed by atoms with E-state index < -0.39 is 27.7 Å². The van der Waals surface area contributed by atoms with Crippen LogP contribution >= 0.6 is 11.6 Å². The second-order valence-electron chi connectivity index (χ2n) is 5.07. The zero-order valence-electron chi connectivity index (χ0n) is 11.1. The number of rotatable bonds is 4. The average Bonchev–Trinajstić information content (AvgIpc) is 2.35. The summed E-state index contributed by atoms with van der Waals surface area (Å²) in [6.07, 6.45) is -0.290. The molecule has 1 aromatic rings. The summed E-state index contributed by atoms with van der Waals surface area (Å²) in [7, 11) is -3.25. The van der Waals surface area contributed by atoms with E-state index in [-0.39, 0.29) is 31.0 Å². The minimum Gasteiger partial charge on any atom is -0.481 e. The van der Waals surface area contributed by atoms with Crippen molar-refractivity contribution >= 4 is 27.4 Å². The lowest BCUT2D eigenvalue weighted by Crippen LogP contribution is -2.48. The Morgan fingerprint density at radius 1 is 1.48 bits per heavy atom. The van der Waals surface area contributed by atoms with Crippen LogP contribution in [0, 0.1) is 5.82 Å². The summed E-state index contributed by atoms with van der Waals surface area (Å²) < 4.78 is 37.0. The van der Waals surface area contributed by atoms with Crippen LogP contribution in [0.2, 0.25) is 5.02 Å². The van der Waals surface area contributed by atoms with Gasteiger partial charge >= 0.3 is 5.97 Å². The second kappa shape index (κ2) is 6.29. The van der Waals surface area contributed by atoms with Gasteiger partial charge in [-0.3, -0.25) is 9.69 Å². The molecule has 1 atom stereocenters. The third kappa shape index (κ3) is 4.39. The van der Waals surface area contributed by atoms with E-state index in [0.717, 1.165) is 0 Å². The van der Waals surface area contributed by atoms with E-state index in [1.807, 2.05) is 0 Å². The highest BCUT2D eigenvalue weighted by Crippen LogP contribution is 2.21. The quantitative estimate of drug-likeness (QED) is 0.903. The summed E-state index contributed by atoms with van der Waals surface area (Å²) in [6, 6.07) is 3.48. The maximum Gasteiger partial charge on any atom is 0.304 e. The molecule has 0 saturated carbocycles. The first-order chi connectivity index (χ1) is 9.77. The first kappa shape index (κ1) is 16.2. The largest absolute Gasteiger partial charge is 0.481 e. The second-order valence-corrected chi connectivity index (χ2v) is 7.74. The summed E-state index contributed by atoms with van der Waals surface area (Å²) >= 11 is 5.83. The Bertz CT molecular complexity index is 650. The lowest BCUT2D eigenvalue weighted by molar-refractivity contribution is -0.138. The van der Waals surface area contributed by atoms with Crippen molar-refractivity contribution in [1.82, 2.24) is 4.90 Å². The van der Waals surface area contributed by atoms with Crippen LogP contribution < -0.4 is 0 Å². The molecular weight excluding hydrogens is 321 g/mol. The van der Waals surface area contributed by atoms with Crippen LogP contribution in [-0.2, 0) is 21.2 Å². The van der Waals surface area contributed by atoms with E-state index in [1.165, 1.54) is 18.2 Å². The van der Waals surface area contributed by atoms with Gasteiger partial charge in [0.1, 0.15) is 5.82 Å². The van der Waals surface area contributed by atoms with E-state index in [4.69, 9.17) is 16.7 Å². The van der Waals surface area contributed by atoms with Crippen molar-refractivity contribution in [3.05, 3.63) is 34.6 Å². The molecule has 0 spiro atoms. The Labute approximate surface area is 127 Å². The van der Waals surface area contributed by atoms with Gasteiger partial charge in [0.25, 0.3) is 0 Å². The number of hydrogen-bond donors (Lipinski definition) is 1. The third-order valence-electron chi connectivity index (χ3n) is 3.44. The molecule has 0 aromatic heterocycles. The normalized spacial score (nSPS) is 22.1. The minimum absolute atomic E-state index is 0.0503. The summed E-state index contributed by atoms with van der Waals surface area (Å²) in [6.45, 7) is 0.325. The number of aliphatic carboxylic acids is 1. The van der Waals surface area contributed by atoms with Crippen LogP contribution in [0.4, 0.5) is 4.39 Å². The fourth-order valence-electron chi connectivity index (χ4n) is 2.40. The highest BCUT2D eigenvalue weighted by molar-refractivity contribution is 7.91. The Balaban J connectivity index is 2.20. The van der Waals surface area contributed by atoms with E-state index in [2.05, 4.69) is 0 Å². The number of carboxylic acid groups (broad SMARTS) is 1. The number of benzene rings is 1. The van der Waals surface area contributed by atoms with Gasteiger partial charge in [0.05, 0.1) is 17.9 Å². The van der Waals surface area contributed by atoms with Gasteiger partial charge in [-0.25, -0.2) is 12.8 Å². The highest BCUT2D eigenvalue weighted by Gasteiger charge is 2.32. The van der Waals surface area contributed by atoms with Crippen molar-refractivity contribution in [2.45, 2.75) is 19.0 Å². The summed E-state index contributed by atoms with van der Waals surface area (Å²) in [5.74, 6) is -1.79. The number of carboxylic acids is 1. The molecule has 5 nitrogen and oxygen atoms in total. The van der Waals surface area contributed by atoms with Gasteiger partial charge in [-0.05, 0) is 18.2 Å². The zero-order chi connectivity index (χ0) is 15.6. The first-order valence-electron chi connectivity index (χ1n) is 6.37. The van der Waals surface area contributed by atoms with E-state index in [9.17, 15) is 17.6 Å². The topological polar surface area (TPSA) is 74.7 Å². The molecular formula is C13H15ClFNO4S. The molecule has 1 saturated heterocycles. The molecule has 2 rings (SSSR count). The van der Waals surface area contributed by atoms with Crippen molar-refractivity contribution in [2.75, 3.05) is 18.1 Å². The van der Waals surface area contributed by atoms with E-state index >= 15 is 0 Å². The fraction of sp³-hybridized carbons (Fsp3) is 0.462. The fourth-order valence-corrected chi connectivity index (χ4v) is 4.19. The summed E-state index contributed by atoms with van der Waals surface area (Å²) in [5.41, 5.74) is 0.331. The van der Waals surface area contributed by atoms with Gasteiger partial charge in [-0.1, -0.05) is 11.6 Å². The smallest absolute Gasteiger partial charge is 0.304 e. The standard InChI is InChI=1S/C13H15ClFNO4S/c14-10-1-2-12(15)9(5-10)7-16-3-4-21(19,20)8-11(16)6-13(17)18/h1-2,5,11H,3-4,6-8H2,(H,17,18). The average molecular weight is 336 g/mol. The Hall–Kier alpha value is -1.18. The third-order valence-corrected chi connectivity index (χ3v) is 5.38. The molecule has 0 aliphatic carbocycles. The number of nitrogens with zero attached hydrogens (tertiary/aromatic N) is 1. The molecule has 116 valence electrons. The van der Waals surface area contributed by atoms with E-state index in [0.29, 0.717) is 10.6 Å². The molecule has 0 radical (unpaired) electrons. The van der Waals surface area contributed by atoms with Crippen molar-refractivity contribution < 1.29 is 22.7 Å². The molecule has 1 aliphatic rings. The lowest BCUT2D eigenvalue weighted by Gasteiger charge is -2.34. The molecule has 1 aliphatic heterocycles. The molecule has 1 heterocycles. The van der Waals surface area contributed by atoms with Crippen LogP contribution in [0.3, 0.4) is 0 Å². The van der Waals surface area contributed by atoms with Crippen molar-refractivity contribution in [2.24, 2.45) is 0 Å². The predicted molar refractivity (Wildman–Crippen MR) is 76.5 cm³/mol. The molecule has 8 heteroatoms. The number of carbonyl (C=O) groups is 1. The number of hydrogen-bond acceptors (Lipinski definition) is 4. The van der Waals surface area contributed by atoms with Gasteiger partial charge in [0.15, 0.2) is 9.84 Å². The molecule has 1 aromatic carbocycles. The summed E-state index contributed by atoms with van der Waals surface area (Å²) in [4.78, 5) is 12.6. The number of halogens is 2. The monoisotopic (exact) mass is 335 g/mol. The first-order valence-corrected chi connectivity index (χ1v) is 8.57. The van der Waals surface area contributed by atoms with Crippen molar-refractivity contribution in [3.63, 3.8) is 0 Å². The van der Waals surface area contributed by atoms with Gasteiger partial charge in [0, 0.05) is 29.7 Å². The van der Waals surface area contributed by atoms with Crippen LogP contribution in [0.5, 0.6) is 0 Å². The molecule has 0 bridgehead atoms. The summed E-state index contributed by atoms with van der Waals surface area (Å²) in [5, 5.41) is 9.28. The molecule has 1 N–H and O–H groups in total. The molecule has 1 unspecified atom stereocenters. The van der Waals surface area contributed by atoms with Gasteiger partial charge < -0.3 is 5.11 Å². The van der Waals surface area contributed by atoms with Crippen LogP contribution in [-0.4, -0.2) is 48.5 Å². The maximum absolute atomic E-state index is 13.7. The lowest BCUT2D eigenvalue weighted by atomic mass is 10.1. The van der Waals surface area contributed by atoms with Crippen LogP contribution in [0.1, 0.15) is 12.0 Å². The van der Waals surface area contributed by atoms with Crippen LogP contribution in [0.15, 0.2) is 18.2 Å². The molecule has 0 amide bonds. The van der Waals surface area contributed by atoms with Gasteiger partial charge in [-0.2, -0.15) is 0 Å². The zero-order valence-corrected chi connectivity index (χ0v) is 12.7. The SMILES string of the molecule is O=C(O)CC1CS(=O)(=O)CCN1Cc1cc(Cl)ccc1F. The highest BCUT2D eigenvalue weighted by atomic mass is 35.5.